The van der Waals surface area contributed by atoms with Crippen LogP contribution in [0, 0.1) is 5.92 Å². The number of likely N-dealkylation sites (tertiary alicyclic amines) is 1. The van der Waals surface area contributed by atoms with Gasteiger partial charge in [0.1, 0.15) is 5.76 Å². The molecule has 3 heterocycles. The lowest BCUT2D eigenvalue weighted by atomic mass is 9.94. The summed E-state index contributed by atoms with van der Waals surface area (Å²) in [5.41, 5.74) is 0. The van der Waals surface area contributed by atoms with Crippen LogP contribution in [0.4, 0.5) is 0 Å². The molecule has 0 aliphatic carbocycles. The number of amides is 1. The average Bonchev–Trinajstić information content (AvgIpc) is 3.19. The normalized spacial score (nSPS) is 22.0. The van der Waals surface area contributed by atoms with Crippen molar-refractivity contribution < 1.29 is 19.4 Å². The highest BCUT2D eigenvalue weighted by atomic mass is 16.4. The highest BCUT2D eigenvalue weighted by Gasteiger charge is 2.31. The van der Waals surface area contributed by atoms with E-state index in [0.717, 1.165) is 0 Å². The summed E-state index contributed by atoms with van der Waals surface area (Å²) in [4.78, 5) is 17.9. The molecule has 3 rings (SSSR count). The van der Waals surface area contributed by atoms with Crippen molar-refractivity contribution >= 4 is 5.91 Å². The molecule has 1 aliphatic rings. The summed E-state index contributed by atoms with van der Waals surface area (Å²) in [6.45, 7) is 1.20. The number of β-amino-alcohol motifs (C(OH)–C–C–N with tert-alkyl or cyclic N) is 1. The Morgan fingerprint density at radius 1 is 1.45 bits per heavy atom. The van der Waals surface area contributed by atoms with Gasteiger partial charge in [-0.15, -0.1) is 0 Å². The van der Waals surface area contributed by atoms with E-state index in [2.05, 4.69) is 4.98 Å². The number of aliphatic hydroxyl groups is 2. The molecule has 2 aromatic rings. The molecule has 2 N–H and O–H groups in total. The van der Waals surface area contributed by atoms with Crippen LogP contribution in [0.1, 0.15) is 22.7 Å². The molecule has 2 aromatic heterocycles. The second-order valence-electron chi connectivity index (χ2n) is 5.55. The van der Waals surface area contributed by atoms with Crippen LogP contribution in [0.15, 0.2) is 35.3 Å². The molecule has 0 radical (unpaired) electrons. The first-order chi connectivity index (χ1) is 10.7. The second kappa shape index (κ2) is 6.33. The Balaban J connectivity index is 1.64. The van der Waals surface area contributed by atoms with E-state index >= 15 is 0 Å². The SMILES string of the molecule is O=C(c1ccc(Cn2ccnc2)o1)N1CC[C@@H](CO)[C@H](O)C1. The number of nitrogens with zero attached hydrogens (tertiary/aromatic N) is 3. The van der Waals surface area contributed by atoms with Crippen LogP contribution >= 0.6 is 0 Å². The predicted molar refractivity (Wildman–Crippen MR) is 77.1 cm³/mol. The summed E-state index contributed by atoms with van der Waals surface area (Å²) in [6.07, 6.45) is 5.08. The van der Waals surface area contributed by atoms with E-state index in [1.165, 1.54) is 0 Å². The molecule has 1 amide bonds. The predicted octanol–water partition coefficient (Wildman–Crippen LogP) is 0.340. The molecule has 118 valence electrons. The standard InChI is InChI=1S/C15H19N3O4/c19-9-11-3-5-18(8-13(11)20)15(21)14-2-1-12(22-14)7-17-6-4-16-10-17/h1-2,4,6,10-11,13,19-20H,3,5,7-9H2/t11-,13+/m0/s1. The first-order valence-corrected chi connectivity index (χ1v) is 7.30. The van der Waals surface area contributed by atoms with E-state index < -0.39 is 6.10 Å². The summed E-state index contributed by atoms with van der Waals surface area (Å²) < 4.78 is 7.44. The van der Waals surface area contributed by atoms with Gasteiger partial charge in [0, 0.05) is 38.0 Å². The van der Waals surface area contributed by atoms with Crippen molar-refractivity contribution in [3.63, 3.8) is 0 Å². The van der Waals surface area contributed by atoms with Gasteiger partial charge in [0.2, 0.25) is 0 Å². The van der Waals surface area contributed by atoms with Crippen LogP contribution in [0.5, 0.6) is 0 Å². The maximum absolute atomic E-state index is 12.4. The number of furan rings is 1. The first-order valence-electron chi connectivity index (χ1n) is 7.30. The quantitative estimate of drug-likeness (QED) is 0.850. The van der Waals surface area contributed by atoms with Crippen LogP contribution in [0.25, 0.3) is 0 Å². The largest absolute Gasteiger partial charge is 0.454 e. The summed E-state index contributed by atoms with van der Waals surface area (Å²) in [7, 11) is 0. The Kier molecular flexibility index (Phi) is 4.26. The van der Waals surface area contributed by atoms with Crippen LogP contribution in [-0.2, 0) is 6.54 Å². The van der Waals surface area contributed by atoms with E-state index in [9.17, 15) is 9.90 Å². The monoisotopic (exact) mass is 305 g/mol. The Hall–Kier alpha value is -2.12. The highest BCUT2D eigenvalue weighted by Crippen LogP contribution is 2.20. The number of piperidine rings is 1. The van der Waals surface area contributed by atoms with Gasteiger partial charge in [-0.05, 0) is 18.6 Å². The average molecular weight is 305 g/mol. The van der Waals surface area contributed by atoms with Crippen molar-refractivity contribution in [1.29, 1.82) is 0 Å². The second-order valence-corrected chi connectivity index (χ2v) is 5.55. The van der Waals surface area contributed by atoms with Crippen LogP contribution in [0.3, 0.4) is 0 Å². The topological polar surface area (TPSA) is 91.7 Å². The minimum Gasteiger partial charge on any atom is -0.454 e. The van der Waals surface area contributed by atoms with Crippen molar-refractivity contribution in [2.75, 3.05) is 19.7 Å². The third-order valence-corrected chi connectivity index (χ3v) is 4.01. The molecule has 1 fully saturated rings. The third-order valence-electron chi connectivity index (χ3n) is 4.01. The van der Waals surface area contributed by atoms with Gasteiger partial charge >= 0.3 is 0 Å². The zero-order chi connectivity index (χ0) is 15.5. The zero-order valence-corrected chi connectivity index (χ0v) is 12.1. The van der Waals surface area contributed by atoms with Crippen molar-refractivity contribution in [1.82, 2.24) is 14.5 Å². The Morgan fingerprint density at radius 2 is 2.32 bits per heavy atom. The van der Waals surface area contributed by atoms with Gasteiger partial charge in [0.25, 0.3) is 5.91 Å². The minimum atomic E-state index is -0.692. The van der Waals surface area contributed by atoms with Gasteiger partial charge in [-0.25, -0.2) is 4.98 Å². The summed E-state index contributed by atoms with van der Waals surface area (Å²) in [6, 6.07) is 3.42. The molecule has 0 bridgehead atoms. The molecule has 7 heteroatoms. The third kappa shape index (κ3) is 3.05. The lowest BCUT2D eigenvalue weighted by molar-refractivity contribution is -0.000279. The van der Waals surface area contributed by atoms with Gasteiger partial charge in [0.15, 0.2) is 5.76 Å². The molecule has 1 saturated heterocycles. The molecule has 22 heavy (non-hydrogen) atoms. The molecule has 2 atom stereocenters. The number of aliphatic hydroxyl groups excluding tert-OH is 2. The lowest BCUT2D eigenvalue weighted by Gasteiger charge is -2.34. The molecule has 1 aliphatic heterocycles. The smallest absolute Gasteiger partial charge is 0.289 e. The fourth-order valence-corrected chi connectivity index (χ4v) is 2.67. The molecule has 0 unspecified atom stereocenters. The fourth-order valence-electron chi connectivity index (χ4n) is 2.67. The maximum atomic E-state index is 12.4. The Bertz CT molecular complexity index is 623. The Labute approximate surface area is 127 Å². The van der Waals surface area contributed by atoms with Crippen molar-refractivity contribution in [3.05, 3.63) is 42.4 Å². The van der Waals surface area contributed by atoms with Gasteiger partial charge < -0.3 is 24.1 Å². The molecule has 0 aromatic carbocycles. The Morgan fingerprint density at radius 3 is 3.00 bits per heavy atom. The summed E-state index contributed by atoms with van der Waals surface area (Å²) in [5, 5.41) is 19.1. The van der Waals surface area contributed by atoms with Crippen molar-refractivity contribution in [3.8, 4) is 0 Å². The number of imidazole rings is 1. The van der Waals surface area contributed by atoms with Gasteiger partial charge in [0.05, 0.1) is 19.0 Å². The molecular formula is C15H19N3O4. The molecule has 0 saturated carbocycles. The van der Waals surface area contributed by atoms with E-state index in [4.69, 9.17) is 9.52 Å². The van der Waals surface area contributed by atoms with Gasteiger partial charge in [-0.2, -0.15) is 0 Å². The number of carbonyl (C=O) groups excluding carboxylic acids is 1. The van der Waals surface area contributed by atoms with Crippen molar-refractivity contribution in [2.45, 2.75) is 19.1 Å². The van der Waals surface area contributed by atoms with Crippen LogP contribution in [0.2, 0.25) is 0 Å². The van der Waals surface area contributed by atoms with E-state index in [0.29, 0.717) is 25.3 Å². The number of aromatic nitrogens is 2. The van der Waals surface area contributed by atoms with Crippen molar-refractivity contribution in [2.24, 2.45) is 5.92 Å². The van der Waals surface area contributed by atoms with Gasteiger partial charge in [-0.3, -0.25) is 4.79 Å². The van der Waals surface area contributed by atoms with E-state index in [1.54, 1.807) is 29.6 Å². The van der Waals surface area contributed by atoms with Gasteiger partial charge in [-0.1, -0.05) is 0 Å². The molecular weight excluding hydrogens is 286 g/mol. The molecule has 0 spiro atoms. The van der Waals surface area contributed by atoms with Crippen LogP contribution < -0.4 is 0 Å². The van der Waals surface area contributed by atoms with E-state index in [1.807, 2.05) is 10.8 Å². The zero-order valence-electron chi connectivity index (χ0n) is 12.1. The summed E-state index contributed by atoms with van der Waals surface area (Å²) >= 11 is 0. The number of hydrogen-bond acceptors (Lipinski definition) is 5. The highest BCUT2D eigenvalue weighted by molar-refractivity contribution is 5.91. The number of carbonyl (C=O) groups is 1. The first kappa shape index (κ1) is 14.8. The van der Waals surface area contributed by atoms with Crippen LogP contribution in [-0.4, -0.2) is 56.4 Å². The number of rotatable bonds is 4. The number of hydrogen-bond donors (Lipinski definition) is 2. The van der Waals surface area contributed by atoms with E-state index in [-0.39, 0.29) is 30.7 Å². The lowest BCUT2D eigenvalue weighted by Crippen LogP contribution is -2.47. The minimum absolute atomic E-state index is 0.0565. The fraction of sp³-hybridized carbons (Fsp3) is 0.467. The summed E-state index contributed by atoms with van der Waals surface area (Å²) in [5.74, 6) is 0.557. The molecule has 7 nitrogen and oxygen atoms in total. The maximum Gasteiger partial charge on any atom is 0.289 e.